The zero-order chi connectivity index (χ0) is 24.0. The number of carbonyl (C=O) groups excluding carboxylic acids is 1. The van der Waals surface area contributed by atoms with Gasteiger partial charge in [0.1, 0.15) is 12.1 Å². The van der Waals surface area contributed by atoms with E-state index in [-0.39, 0.29) is 11.7 Å². The smallest absolute Gasteiger partial charge is 0.399 e. The molecule has 1 fully saturated rings. The van der Waals surface area contributed by atoms with Crippen LogP contribution in [0.3, 0.4) is 0 Å². The summed E-state index contributed by atoms with van der Waals surface area (Å²) in [4.78, 5) is 21.0. The van der Waals surface area contributed by atoms with Crippen molar-refractivity contribution < 1.29 is 22.7 Å². The van der Waals surface area contributed by atoms with Crippen molar-refractivity contribution in [3.63, 3.8) is 0 Å². The van der Waals surface area contributed by atoms with Crippen LogP contribution in [0.2, 0.25) is 0 Å². The van der Waals surface area contributed by atoms with Crippen molar-refractivity contribution in [3.8, 4) is 0 Å². The van der Waals surface area contributed by atoms with E-state index in [0.717, 1.165) is 23.4 Å². The Hall–Kier alpha value is -3.61. The number of rotatable bonds is 3. The summed E-state index contributed by atoms with van der Waals surface area (Å²) in [6.45, 7) is 4.38. The van der Waals surface area contributed by atoms with E-state index in [1.807, 2.05) is 0 Å². The van der Waals surface area contributed by atoms with Crippen molar-refractivity contribution in [1.82, 2.24) is 29.4 Å². The molecule has 0 aliphatic carbocycles. The Morgan fingerprint density at radius 3 is 2.68 bits per heavy atom. The van der Waals surface area contributed by atoms with E-state index in [1.54, 1.807) is 21.1 Å². The highest BCUT2D eigenvalue weighted by atomic mass is 19.4. The Bertz CT molecular complexity index is 1240. The second-order valence-electron chi connectivity index (χ2n) is 8.38. The number of hydrogen-bond donors (Lipinski definition) is 2. The van der Waals surface area contributed by atoms with Crippen molar-refractivity contribution in [2.24, 2.45) is 0 Å². The van der Waals surface area contributed by atoms with Gasteiger partial charge in [-0.3, -0.25) is 4.40 Å². The normalized spacial score (nSPS) is 17.2. The SMILES string of the molecule is CC(Nc1nc2nncn2c2c1CN(C(=O)N1CCOCC1)C2)c1cc(N)cc(C(F)(F)F)c1. The van der Waals surface area contributed by atoms with E-state index in [2.05, 4.69) is 20.5 Å². The number of carbonyl (C=O) groups is 1. The van der Waals surface area contributed by atoms with Gasteiger partial charge in [0, 0.05) is 24.3 Å². The standard InChI is InChI=1S/C21H23F3N8O2/c1-12(13-6-14(21(22,23)24)8-15(25)7-13)27-18-16-9-31(20(33)30-2-4-34-5-3-30)10-17(16)32-11-26-29-19(32)28-18/h6-8,11-12H,2-5,9-10,25H2,1H3,(H,27,28,29). The van der Waals surface area contributed by atoms with E-state index < -0.39 is 17.8 Å². The van der Waals surface area contributed by atoms with Gasteiger partial charge < -0.3 is 25.6 Å². The van der Waals surface area contributed by atoms with Crippen LogP contribution in [0, 0.1) is 0 Å². The molecule has 0 spiro atoms. The lowest BCUT2D eigenvalue weighted by molar-refractivity contribution is -0.137. The predicted molar refractivity (Wildman–Crippen MR) is 116 cm³/mol. The average molecular weight is 476 g/mol. The Morgan fingerprint density at radius 2 is 1.94 bits per heavy atom. The van der Waals surface area contributed by atoms with Crippen molar-refractivity contribution in [1.29, 1.82) is 0 Å². The van der Waals surface area contributed by atoms with Crippen LogP contribution in [-0.2, 0) is 24.0 Å². The fourth-order valence-electron chi connectivity index (χ4n) is 4.30. The number of nitrogens with zero attached hydrogens (tertiary/aromatic N) is 6. The van der Waals surface area contributed by atoms with Gasteiger partial charge in [0.15, 0.2) is 0 Å². The zero-order valence-corrected chi connectivity index (χ0v) is 18.3. The Kier molecular flexibility index (Phi) is 5.42. The van der Waals surface area contributed by atoms with Crippen LogP contribution in [0.15, 0.2) is 24.5 Å². The summed E-state index contributed by atoms with van der Waals surface area (Å²) in [5.41, 5.74) is 6.87. The van der Waals surface area contributed by atoms with Crippen LogP contribution in [0.4, 0.5) is 29.5 Å². The van der Waals surface area contributed by atoms with Gasteiger partial charge in [-0.2, -0.15) is 18.2 Å². The fraction of sp³-hybridized carbons (Fsp3) is 0.429. The van der Waals surface area contributed by atoms with Crippen LogP contribution < -0.4 is 11.1 Å². The van der Waals surface area contributed by atoms with Crippen molar-refractivity contribution in [2.45, 2.75) is 32.2 Å². The lowest BCUT2D eigenvalue weighted by atomic mass is 10.0. The molecule has 1 unspecified atom stereocenters. The van der Waals surface area contributed by atoms with Crippen LogP contribution in [0.1, 0.15) is 35.3 Å². The van der Waals surface area contributed by atoms with Gasteiger partial charge >= 0.3 is 12.2 Å². The summed E-state index contributed by atoms with van der Waals surface area (Å²) in [5, 5.41) is 11.1. The second-order valence-corrected chi connectivity index (χ2v) is 8.38. The van der Waals surface area contributed by atoms with E-state index in [1.165, 1.54) is 12.4 Å². The summed E-state index contributed by atoms with van der Waals surface area (Å²) in [6.07, 6.45) is -2.98. The fourth-order valence-corrected chi connectivity index (χ4v) is 4.30. The highest BCUT2D eigenvalue weighted by Gasteiger charge is 2.34. The lowest BCUT2D eigenvalue weighted by Gasteiger charge is -2.30. The Morgan fingerprint density at radius 1 is 1.18 bits per heavy atom. The molecule has 3 aromatic rings. The minimum absolute atomic E-state index is 0.0202. The number of fused-ring (bicyclic) bond motifs is 3. The Labute approximate surface area is 192 Å². The van der Waals surface area contributed by atoms with Gasteiger partial charge in [-0.1, -0.05) is 0 Å². The maximum Gasteiger partial charge on any atom is 0.416 e. The Balaban J connectivity index is 1.45. The number of nitrogen functional groups attached to an aromatic ring is 1. The summed E-state index contributed by atoms with van der Waals surface area (Å²) >= 11 is 0. The molecule has 2 aliphatic heterocycles. The third-order valence-electron chi connectivity index (χ3n) is 6.07. The van der Waals surface area contributed by atoms with E-state index in [9.17, 15) is 18.0 Å². The number of hydrogen-bond acceptors (Lipinski definition) is 7. The number of urea groups is 1. The summed E-state index contributed by atoms with van der Waals surface area (Å²) in [5.74, 6) is 0.772. The average Bonchev–Trinajstić information content (AvgIpc) is 3.45. The maximum atomic E-state index is 13.3. The molecule has 1 atom stereocenters. The van der Waals surface area contributed by atoms with E-state index >= 15 is 0 Å². The van der Waals surface area contributed by atoms with Crippen molar-refractivity contribution >= 4 is 23.3 Å². The van der Waals surface area contributed by atoms with Gasteiger partial charge in [-0.15, -0.1) is 10.2 Å². The number of benzene rings is 1. The number of nitrogens with two attached hydrogens (primary N) is 1. The molecule has 34 heavy (non-hydrogen) atoms. The highest BCUT2D eigenvalue weighted by molar-refractivity contribution is 5.76. The first-order chi connectivity index (χ1) is 16.2. The van der Waals surface area contributed by atoms with E-state index in [0.29, 0.717) is 56.6 Å². The summed E-state index contributed by atoms with van der Waals surface area (Å²) in [6, 6.07) is 2.82. The number of alkyl halides is 3. The van der Waals surface area contributed by atoms with Crippen LogP contribution in [0.25, 0.3) is 5.78 Å². The van der Waals surface area contributed by atoms with Crippen molar-refractivity contribution in [3.05, 3.63) is 46.9 Å². The topological polar surface area (TPSA) is 114 Å². The molecule has 0 saturated carbocycles. The molecule has 1 aromatic carbocycles. The van der Waals surface area contributed by atoms with Gasteiger partial charge in [-0.25, -0.2) is 4.79 Å². The number of aromatic nitrogens is 4. The van der Waals surface area contributed by atoms with Crippen LogP contribution in [0.5, 0.6) is 0 Å². The molecule has 0 bridgehead atoms. The predicted octanol–water partition coefficient (Wildman–Crippen LogP) is 2.67. The van der Waals surface area contributed by atoms with Gasteiger partial charge in [0.25, 0.3) is 5.78 Å². The van der Waals surface area contributed by atoms with Gasteiger partial charge in [0.2, 0.25) is 0 Å². The molecule has 3 N–H and O–H groups in total. The number of morpholine rings is 1. The third-order valence-corrected chi connectivity index (χ3v) is 6.07. The molecular formula is C21H23F3N8O2. The molecule has 1 saturated heterocycles. The summed E-state index contributed by atoms with van der Waals surface area (Å²) in [7, 11) is 0. The zero-order valence-electron chi connectivity index (χ0n) is 18.3. The quantitative estimate of drug-likeness (QED) is 0.559. The van der Waals surface area contributed by atoms with E-state index in [4.69, 9.17) is 10.5 Å². The first-order valence-corrected chi connectivity index (χ1v) is 10.8. The minimum atomic E-state index is -4.51. The number of anilines is 2. The van der Waals surface area contributed by atoms with Crippen LogP contribution >= 0.6 is 0 Å². The number of halogens is 3. The number of amides is 2. The minimum Gasteiger partial charge on any atom is -0.399 e. The number of ether oxygens (including phenoxy) is 1. The largest absolute Gasteiger partial charge is 0.416 e. The molecule has 2 aromatic heterocycles. The molecule has 2 aliphatic rings. The molecule has 5 rings (SSSR count). The molecule has 13 heteroatoms. The lowest BCUT2D eigenvalue weighted by Crippen LogP contribution is -2.46. The second kappa shape index (κ2) is 8.31. The first-order valence-electron chi connectivity index (χ1n) is 10.8. The monoisotopic (exact) mass is 476 g/mol. The molecule has 180 valence electrons. The summed E-state index contributed by atoms with van der Waals surface area (Å²) < 4.78 is 46.9. The molecule has 4 heterocycles. The molecule has 0 radical (unpaired) electrons. The number of nitrogens with one attached hydrogen (secondary N) is 1. The highest BCUT2D eigenvalue weighted by Crippen LogP contribution is 2.35. The maximum absolute atomic E-state index is 13.3. The van der Waals surface area contributed by atoms with Crippen molar-refractivity contribution in [2.75, 3.05) is 37.4 Å². The molecule has 10 nitrogen and oxygen atoms in total. The van der Waals surface area contributed by atoms with Gasteiger partial charge in [0.05, 0.1) is 43.6 Å². The first kappa shape index (κ1) is 22.2. The van der Waals surface area contributed by atoms with Gasteiger partial charge in [-0.05, 0) is 30.7 Å². The third kappa shape index (κ3) is 4.06. The molecular weight excluding hydrogens is 453 g/mol. The van der Waals surface area contributed by atoms with Crippen LogP contribution in [-0.4, -0.2) is 61.7 Å². The molecule has 2 amide bonds.